The van der Waals surface area contributed by atoms with E-state index in [0.29, 0.717) is 29.2 Å². The molecule has 0 saturated carbocycles. The monoisotopic (exact) mass is 534 g/mol. The predicted molar refractivity (Wildman–Crippen MR) is 130 cm³/mol. The van der Waals surface area contributed by atoms with Gasteiger partial charge in [0, 0.05) is 25.3 Å². The van der Waals surface area contributed by atoms with Crippen LogP contribution in [0.1, 0.15) is 21.6 Å². The SMILES string of the molecule is COCCNC(=O)c1cc2c(cn1)ncn2-c1cc(OCc2ccccc2C(F)(F)F)c(NC(N)=O)s1. The molecule has 0 spiro atoms. The first-order chi connectivity index (χ1) is 17.7. The summed E-state index contributed by atoms with van der Waals surface area (Å²) in [5, 5.41) is 5.81. The fourth-order valence-electron chi connectivity index (χ4n) is 3.43. The topological polar surface area (TPSA) is 133 Å². The average Bonchev–Trinajstić information content (AvgIpc) is 3.45. The normalized spacial score (nSPS) is 11.5. The van der Waals surface area contributed by atoms with Crippen molar-refractivity contribution in [1.29, 1.82) is 0 Å². The third-order valence-corrected chi connectivity index (χ3v) is 6.15. The number of anilines is 1. The van der Waals surface area contributed by atoms with Crippen molar-refractivity contribution in [2.75, 3.05) is 25.6 Å². The summed E-state index contributed by atoms with van der Waals surface area (Å²) in [6, 6.07) is 7.26. The van der Waals surface area contributed by atoms with Crippen LogP contribution < -0.4 is 21.1 Å². The molecule has 4 aromatic rings. The molecule has 0 saturated heterocycles. The lowest BCUT2D eigenvalue weighted by Crippen LogP contribution is -2.27. The number of nitrogens with zero attached hydrogens (tertiary/aromatic N) is 3. The van der Waals surface area contributed by atoms with Crippen molar-refractivity contribution < 1.29 is 32.2 Å². The van der Waals surface area contributed by atoms with Crippen LogP contribution in [-0.4, -0.2) is 46.7 Å². The molecule has 0 aliphatic heterocycles. The number of carbonyl (C=O) groups is 2. The van der Waals surface area contributed by atoms with E-state index in [-0.39, 0.29) is 22.0 Å². The number of ether oxygens (including phenoxy) is 2. The summed E-state index contributed by atoms with van der Waals surface area (Å²) >= 11 is 1.06. The highest BCUT2D eigenvalue weighted by atomic mass is 32.1. The number of thiophene rings is 1. The molecule has 0 bridgehead atoms. The molecule has 37 heavy (non-hydrogen) atoms. The number of halogens is 3. The van der Waals surface area contributed by atoms with Crippen LogP contribution >= 0.6 is 11.3 Å². The van der Waals surface area contributed by atoms with Gasteiger partial charge >= 0.3 is 12.2 Å². The standard InChI is InChI=1S/C23H21F3N6O4S/c1-35-7-6-28-20(33)15-8-17-16(10-29-15)30-12-32(17)19-9-18(21(37-19)31-22(27)34)36-11-13-4-2-3-5-14(13)23(24,25)26/h2-5,8-10,12H,6-7,11H2,1H3,(H,28,33)(H3,27,31,34). The first-order valence-electron chi connectivity index (χ1n) is 10.8. The molecule has 0 aliphatic rings. The van der Waals surface area contributed by atoms with E-state index in [0.717, 1.165) is 17.4 Å². The van der Waals surface area contributed by atoms with E-state index in [2.05, 4.69) is 20.6 Å². The predicted octanol–water partition coefficient (Wildman–Crippen LogP) is 3.95. The molecule has 3 amide bonds. The Hall–Kier alpha value is -4.17. The second kappa shape index (κ2) is 10.8. The minimum Gasteiger partial charge on any atom is -0.486 e. The molecule has 3 heterocycles. The van der Waals surface area contributed by atoms with Crippen molar-refractivity contribution in [3.8, 4) is 10.8 Å². The van der Waals surface area contributed by atoms with E-state index in [1.807, 2.05) is 0 Å². The molecule has 4 N–H and O–H groups in total. The summed E-state index contributed by atoms with van der Waals surface area (Å²) in [6.45, 7) is 0.242. The molecular formula is C23H21F3N6O4S. The van der Waals surface area contributed by atoms with Crippen molar-refractivity contribution in [1.82, 2.24) is 19.9 Å². The summed E-state index contributed by atoms with van der Waals surface area (Å²) in [4.78, 5) is 32.4. The quantitative estimate of drug-likeness (QED) is 0.279. The van der Waals surface area contributed by atoms with Crippen LogP contribution in [0.4, 0.5) is 23.0 Å². The zero-order chi connectivity index (χ0) is 26.6. The number of amides is 3. The van der Waals surface area contributed by atoms with E-state index in [4.69, 9.17) is 15.2 Å². The minimum atomic E-state index is -4.55. The molecule has 0 fully saturated rings. The number of rotatable bonds is 9. The molecule has 1 aromatic carbocycles. The molecule has 4 rings (SSSR count). The molecular weight excluding hydrogens is 513 g/mol. The van der Waals surface area contributed by atoms with Gasteiger partial charge in [-0.3, -0.25) is 14.7 Å². The lowest BCUT2D eigenvalue weighted by Gasteiger charge is -2.13. The zero-order valence-electron chi connectivity index (χ0n) is 19.3. The van der Waals surface area contributed by atoms with Gasteiger partial charge in [-0.2, -0.15) is 13.2 Å². The number of aromatic nitrogens is 3. The lowest BCUT2D eigenvalue weighted by atomic mass is 10.1. The first-order valence-corrected chi connectivity index (χ1v) is 11.6. The van der Waals surface area contributed by atoms with Crippen LogP contribution in [0.5, 0.6) is 5.75 Å². The van der Waals surface area contributed by atoms with Crippen LogP contribution in [-0.2, 0) is 17.5 Å². The van der Waals surface area contributed by atoms with E-state index in [9.17, 15) is 22.8 Å². The molecule has 0 radical (unpaired) electrons. The summed E-state index contributed by atoms with van der Waals surface area (Å²) in [6.07, 6.45) is -1.62. The van der Waals surface area contributed by atoms with Gasteiger partial charge in [0.05, 0.1) is 23.9 Å². The summed E-state index contributed by atoms with van der Waals surface area (Å²) in [7, 11) is 1.52. The fourth-order valence-corrected chi connectivity index (χ4v) is 4.42. The van der Waals surface area contributed by atoms with Crippen LogP contribution in [0, 0.1) is 0 Å². The van der Waals surface area contributed by atoms with Gasteiger partial charge in [-0.1, -0.05) is 29.5 Å². The highest BCUT2D eigenvalue weighted by Crippen LogP contribution is 2.39. The number of alkyl halides is 3. The fraction of sp³-hybridized carbons (Fsp3) is 0.217. The number of fused-ring (bicyclic) bond motifs is 1. The number of carbonyl (C=O) groups excluding carboxylic acids is 2. The van der Waals surface area contributed by atoms with E-state index >= 15 is 0 Å². The van der Waals surface area contributed by atoms with Gasteiger partial charge in [-0.05, 0) is 12.1 Å². The van der Waals surface area contributed by atoms with Gasteiger partial charge in [0.1, 0.15) is 34.1 Å². The minimum absolute atomic E-state index is 0.0731. The van der Waals surface area contributed by atoms with Crippen LogP contribution in [0.25, 0.3) is 16.0 Å². The molecule has 10 nitrogen and oxygen atoms in total. The van der Waals surface area contributed by atoms with E-state index in [1.165, 1.54) is 43.9 Å². The van der Waals surface area contributed by atoms with Crippen LogP contribution in [0.15, 0.2) is 48.9 Å². The number of nitrogens with two attached hydrogens (primary N) is 1. The maximum absolute atomic E-state index is 13.4. The number of hydrogen-bond acceptors (Lipinski definition) is 7. The first kappa shape index (κ1) is 25.9. The maximum atomic E-state index is 13.4. The Bertz CT molecular complexity index is 1440. The van der Waals surface area contributed by atoms with Crippen molar-refractivity contribution in [3.05, 3.63) is 65.7 Å². The average molecular weight is 535 g/mol. The number of primary amides is 1. The van der Waals surface area contributed by atoms with Crippen molar-refractivity contribution in [2.45, 2.75) is 12.8 Å². The molecule has 0 aliphatic carbocycles. The Morgan fingerprint density at radius 1 is 1.19 bits per heavy atom. The number of methoxy groups -OCH3 is 1. The smallest absolute Gasteiger partial charge is 0.416 e. The molecule has 0 atom stereocenters. The highest BCUT2D eigenvalue weighted by molar-refractivity contribution is 7.19. The summed E-state index contributed by atoms with van der Waals surface area (Å²) < 4.78 is 52.3. The number of imidazole rings is 1. The molecule has 0 unspecified atom stereocenters. The van der Waals surface area contributed by atoms with Gasteiger partial charge in [0.25, 0.3) is 5.91 Å². The maximum Gasteiger partial charge on any atom is 0.416 e. The second-order valence-electron chi connectivity index (χ2n) is 7.63. The van der Waals surface area contributed by atoms with Gasteiger partial charge in [0.2, 0.25) is 0 Å². The Balaban J connectivity index is 1.65. The summed E-state index contributed by atoms with van der Waals surface area (Å²) in [5.74, 6) is -0.287. The third kappa shape index (κ3) is 5.98. The lowest BCUT2D eigenvalue weighted by molar-refractivity contribution is -0.138. The number of benzene rings is 1. The van der Waals surface area contributed by atoms with E-state index in [1.54, 1.807) is 10.6 Å². The number of nitrogens with one attached hydrogen (secondary N) is 2. The molecule has 14 heteroatoms. The van der Waals surface area contributed by atoms with Crippen molar-refractivity contribution in [3.63, 3.8) is 0 Å². The third-order valence-electron chi connectivity index (χ3n) is 5.12. The number of pyridine rings is 1. The Kier molecular flexibility index (Phi) is 7.59. The second-order valence-corrected chi connectivity index (χ2v) is 8.66. The van der Waals surface area contributed by atoms with Crippen molar-refractivity contribution >= 4 is 39.3 Å². The highest BCUT2D eigenvalue weighted by Gasteiger charge is 2.33. The largest absolute Gasteiger partial charge is 0.486 e. The van der Waals surface area contributed by atoms with Gasteiger partial charge in [-0.15, -0.1) is 0 Å². The Labute approximate surface area is 212 Å². The Morgan fingerprint density at radius 3 is 2.70 bits per heavy atom. The van der Waals surface area contributed by atoms with Gasteiger partial charge in [-0.25, -0.2) is 14.8 Å². The molecule has 194 valence electrons. The van der Waals surface area contributed by atoms with Gasteiger partial charge in [0.15, 0.2) is 5.75 Å². The van der Waals surface area contributed by atoms with Crippen LogP contribution in [0.2, 0.25) is 0 Å². The number of hydrogen-bond donors (Lipinski definition) is 3. The summed E-state index contributed by atoms with van der Waals surface area (Å²) in [5.41, 5.74) is 5.56. The Morgan fingerprint density at radius 2 is 1.97 bits per heavy atom. The van der Waals surface area contributed by atoms with Crippen LogP contribution in [0.3, 0.4) is 0 Å². The van der Waals surface area contributed by atoms with Gasteiger partial charge < -0.3 is 20.5 Å². The zero-order valence-corrected chi connectivity index (χ0v) is 20.2. The number of urea groups is 1. The van der Waals surface area contributed by atoms with E-state index < -0.39 is 30.3 Å². The molecule has 3 aromatic heterocycles. The van der Waals surface area contributed by atoms with Crippen molar-refractivity contribution in [2.24, 2.45) is 5.73 Å².